The largest absolute Gasteiger partial charge is 0.372 e. The van der Waals surface area contributed by atoms with Gasteiger partial charge in [-0.15, -0.1) is 0 Å². The van der Waals surface area contributed by atoms with Crippen molar-refractivity contribution in [2.24, 2.45) is 0 Å². The summed E-state index contributed by atoms with van der Waals surface area (Å²) in [5, 5.41) is 3.75. The van der Waals surface area contributed by atoms with Crippen molar-refractivity contribution in [3.05, 3.63) is 29.0 Å². The van der Waals surface area contributed by atoms with Crippen molar-refractivity contribution in [3.63, 3.8) is 0 Å². The number of hydrogen-bond acceptors (Lipinski definition) is 2. The van der Waals surface area contributed by atoms with Crippen LogP contribution in [0.2, 0.25) is 5.02 Å². The quantitative estimate of drug-likeness (QED) is 0.805. The summed E-state index contributed by atoms with van der Waals surface area (Å²) in [4.78, 5) is 2.05. The molecule has 0 amide bonds. The number of nitrogens with zero attached hydrogens (tertiary/aromatic N) is 1. The SMILES string of the molecule is C[C@@H]1CN(C(=S)Nc2ccc(F)c(Cl)c2)C[C@H](C)O1. The molecule has 0 aliphatic carbocycles. The highest BCUT2D eigenvalue weighted by Gasteiger charge is 2.23. The summed E-state index contributed by atoms with van der Waals surface area (Å²) in [5.74, 6) is -0.438. The van der Waals surface area contributed by atoms with Gasteiger partial charge in [-0.05, 0) is 44.3 Å². The van der Waals surface area contributed by atoms with E-state index in [0.29, 0.717) is 10.8 Å². The molecule has 1 fully saturated rings. The molecule has 1 aliphatic heterocycles. The molecule has 6 heteroatoms. The average Bonchev–Trinajstić information content (AvgIpc) is 2.32. The normalized spacial score (nSPS) is 23.3. The van der Waals surface area contributed by atoms with Crippen molar-refractivity contribution in [3.8, 4) is 0 Å². The number of morpholine rings is 1. The van der Waals surface area contributed by atoms with Crippen LogP contribution in [0.15, 0.2) is 18.2 Å². The molecule has 0 aromatic heterocycles. The van der Waals surface area contributed by atoms with E-state index in [0.717, 1.165) is 13.1 Å². The van der Waals surface area contributed by atoms with Crippen LogP contribution < -0.4 is 5.32 Å². The molecule has 0 saturated carbocycles. The van der Waals surface area contributed by atoms with E-state index in [4.69, 9.17) is 28.6 Å². The van der Waals surface area contributed by atoms with Gasteiger partial charge < -0.3 is 15.0 Å². The first kappa shape index (κ1) is 14.5. The molecule has 1 N–H and O–H groups in total. The van der Waals surface area contributed by atoms with Gasteiger partial charge in [0.1, 0.15) is 5.82 Å². The maximum Gasteiger partial charge on any atom is 0.173 e. The van der Waals surface area contributed by atoms with Gasteiger partial charge in [-0.1, -0.05) is 11.6 Å². The highest BCUT2D eigenvalue weighted by Crippen LogP contribution is 2.20. The monoisotopic (exact) mass is 302 g/mol. The van der Waals surface area contributed by atoms with Gasteiger partial charge in [-0.2, -0.15) is 0 Å². The van der Waals surface area contributed by atoms with Crippen LogP contribution in [-0.2, 0) is 4.74 Å². The van der Waals surface area contributed by atoms with Gasteiger partial charge in [0.05, 0.1) is 17.2 Å². The van der Waals surface area contributed by atoms with Crippen LogP contribution >= 0.6 is 23.8 Å². The molecule has 0 bridgehead atoms. The number of anilines is 1. The smallest absolute Gasteiger partial charge is 0.173 e. The van der Waals surface area contributed by atoms with Crippen LogP contribution in [0.4, 0.5) is 10.1 Å². The van der Waals surface area contributed by atoms with E-state index < -0.39 is 5.82 Å². The van der Waals surface area contributed by atoms with Crippen molar-refractivity contribution in [1.82, 2.24) is 4.90 Å². The fourth-order valence-electron chi connectivity index (χ4n) is 2.12. The molecule has 104 valence electrons. The lowest BCUT2D eigenvalue weighted by atomic mass is 10.2. The van der Waals surface area contributed by atoms with E-state index in [-0.39, 0.29) is 17.2 Å². The number of ether oxygens (including phenoxy) is 1. The van der Waals surface area contributed by atoms with Crippen molar-refractivity contribution in [1.29, 1.82) is 0 Å². The van der Waals surface area contributed by atoms with Gasteiger partial charge in [-0.25, -0.2) is 4.39 Å². The Morgan fingerprint density at radius 1 is 1.42 bits per heavy atom. The second-order valence-corrected chi connectivity index (χ2v) is 5.52. The third-order valence-electron chi connectivity index (χ3n) is 2.88. The Balaban J connectivity index is 2.02. The molecule has 0 spiro atoms. The van der Waals surface area contributed by atoms with Crippen LogP contribution in [0.3, 0.4) is 0 Å². The molecule has 3 nitrogen and oxygen atoms in total. The van der Waals surface area contributed by atoms with Gasteiger partial charge in [0.2, 0.25) is 0 Å². The Morgan fingerprint density at radius 3 is 2.63 bits per heavy atom. The predicted molar refractivity (Wildman–Crippen MR) is 79.2 cm³/mol. The van der Waals surface area contributed by atoms with Crippen LogP contribution in [0, 0.1) is 5.82 Å². The van der Waals surface area contributed by atoms with Gasteiger partial charge >= 0.3 is 0 Å². The first-order valence-corrected chi connectivity index (χ1v) is 6.90. The van der Waals surface area contributed by atoms with E-state index >= 15 is 0 Å². The van der Waals surface area contributed by atoms with Gasteiger partial charge in [0.15, 0.2) is 5.11 Å². The Hall–Kier alpha value is -0.910. The van der Waals surface area contributed by atoms with Crippen molar-refractivity contribution in [2.45, 2.75) is 26.1 Å². The number of hydrogen-bond donors (Lipinski definition) is 1. The molecule has 0 unspecified atom stereocenters. The highest BCUT2D eigenvalue weighted by atomic mass is 35.5. The molecule has 1 saturated heterocycles. The Kier molecular flexibility index (Phi) is 4.60. The second kappa shape index (κ2) is 6.03. The Bertz CT molecular complexity index is 476. The summed E-state index contributed by atoms with van der Waals surface area (Å²) in [7, 11) is 0. The standard InChI is InChI=1S/C13H16ClFN2OS/c1-8-6-17(7-9(2)18-8)13(19)16-10-3-4-12(15)11(14)5-10/h3-5,8-9H,6-7H2,1-2H3,(H,16,19)/t8-,9+. The maximum atomic E-state index is 13.1. The fraction of sp³-hybridized carbons (Fsp3) is 0.462. The average molecular weight is 303 g/mol. The number of nitrogens with one attached hydrogen (secondary N) is 1. The van der Waals surface area contributed by atoms with Crippen LogP contribution in [0.1, 0.15) is 13.8 Å². The van der Waals surface area contributed by atoms with Crippen LogP contribution in [0.25, 0.3) is 0 Å². The number of rotatable bonds is 1. The van der Waals surface area contributed by atoms with Crippen molar-refractivity contribution in [2.75, 3.05) is 18.4 Å². The lowest BCUT2D eigenvalue weighted by molar-refractivity contribution is -0.0473. The zero-order chi connectivity index (χ0) is 14.0. The van der Waals surface area contributed by atoms with Gasteiger partial charge in [0, 0.05) is 18.8 Å². The molecule has 0 radical (unpaired) electrons. The lowest BCUT2D eigenvalue weighted by Gasteiger charge is -2.36. The zero-order valence-corrected chi connectivity index (χ0v) is 12.4. The van der Waals surface area contributed by atoms with Crippen molar-refractivity contribution < 1.29 is 9.13 Å². The van der Waals surface area contributed by atoms with Crippen molar-refractivity contribution >= 4 is 34.6 Å². The summed E-state index contributed by atoms with van der Waals surface area (Å²) < 4.78 is 18.7. The summed E-state index contributed by atoms with van der Waals surface area (Å²) in [6.07, 6.45) is 0.278. The molecule has 1 aliphatic rings. The van der Waals surface area contributed by atoms with Gasteiger partial charge in [-0.3, -0.25) is 0 Å². The zero-order valence-electron chi connectivity index (χ0n) is 10.8. The minimum absolute atomic E-state index is 0.0801. The highest BCUT2D eigenvalue weighted by molar-refractivity contribution is 7.80. The maximum absolute atomic E-state index is 13.1. The van der Waals surface area contributed by atoms with Crippen LogP contribution in [0.5, 0.6) is 0 Å². The molecular weight excluding hydrogens is 287 g/mol. The van der Waals surface area contributed by atoms with E-state index in [2.05, 4.69) is 5.32 Å². The molecule has 1 aromatic carbocycles. The molecule has 1 aromatic rings. The molecule has 19 heavy (non-hydrogen) atoms. The fourth-order valence-corrected chi connectivity index (χ4v) is 2.57. The number of halogens is 2. The van der Waals surface area contributed by atoms with E-state index in [1.165, 1.54) is 12.1 Å². The second-order valence-electron chi connectivity index (χ2n) is 4.72. The number of thiocarbonyl (C=S) groups is 1. The Labute approximate surface area is 122 Å². The minimum atomic E-state index is -0.438. The molecule has 2 rings (SSSR count). The summed E-state index contributed by atoms with van der Waals surface area (Å²) in [6, 6.07) is 4.45. The van der Waals surface area contributed by atoms with E-state index in [9.17, 15) is 4.39 Å². The molecule has 2 atom stereocenters. The topological polar surface area (TPSA) is 24.5 Å². The van der Waals surface area contributed by atoms with E-state index in [1.807, 2.05) is 18.7 Å². The summed E-state index contributed by atoms with van der Waals surface area (Å²) >= 11 is 11.1. The Morgan fingerprint density at radius 2 is 2.05 bits per heavy atom. The minimum Gasteiger partial charge on any atom is -0.372 e. The third kappa shape index (κ3) is 3.78. The summed E-state index contributed by atoms with van der Waals surface area (Å²) in [6.45, 7) is 5.51. The lowest BCUT2D eigenvalue weighted by Crippen LogP contribution is -2.49. The van der Waals surface area contributed by atoms with E-state index in [1.54, 1.807) is 6.07 Å². The van der Waals surface area contributed by atoms with Crippen LogP contribution in [-0.4, -0.2) is 35.3 Å². The first-order chi connectivity index (χ1) is 8.95. The number of benzene rings is 1. The third-order valence-corrected chi connectivity index (χ3v) is 3.53. The molecule has 1 heterocycles. The first-order valence-electron chi connectivity index (χ1n) is 6.12. The summed E-state index contributed by atoms with van der Waals surface area (Å²) in [5.41, 5.74) is 0.684. The van der Waals surface area contributed by atoms with Gasteiger partial charge in [0.25, 0.3) is 0 Å². The predicted octanol–water partition coefficient (Wildman–Crippen LogP) is 3.29. The molecular formula is C13H16ClFN2OS.